The number of sulfone groups is 1. The van der Waals surface area contributed by atoms with Gasteiger partial charge in [0.2, 0.25) is 0 Å². The maximum Gasteiger partial charge on any atom is 0.284 e. The van der Waals surface area contributed by atoms with Crippen molar-refractivity contribution in [1.29, 1.82) is 0 Å². The molecule has 0 N–H and O–H groups in total. The number of benzene rings is 3. The first kappa shape index (κ1) is 20.4. The Balaban J connectivity index is 2.08. The Morgan fingerprint density at radius 3 is 2.14 bits per heavy atom. The van der Waals surface area contributed by atoms with Gasteiger partial charge in [-0.1, -0.05) is 54.1 Å². The van der Waals surface area contributed by atoms with Crippen LogP contribution in [0.2, 0.25) is 5.02 Å². The minimum atomic E-state index is -3.54. The van der Waals surface area contributed by atoms with E-state index in [1.165, 1.54) is 23.9 Å². The molecule has 1 atom stereocenters. The van der Waals surface area contributed by atoms with Crippen LogP contribution >= 0.6 is 23.4 Å². The third-order valence-electron chi connectivity index (χ3n) is 4.08. The van der Waals surface area contributed by atoms with Crippen LogP contribution in [0.4, 0.5) is 5.69 Å². The highest BCUT2D eigenvalue weighted by molar-refractivity contribution is 8.00. The van der Waals surface area contributed by atoms with E-state index in [9.17, 15) is 18.5 Å². The number of hydrogen-bond donors (Lipinski definition) is 0. The highest BCUT2D eigenvalue weighted by Gasteiger charge is 2.24. The number of hydrogen-bond acceptors (Lipinski definition) is 5. The van der Waals surface area contributed by atoms with E-state index in [4.69, 9.17) is 11.6 Å². The highest BCUT2D eigenvalue weighted by Crippen LogP contribution is 2.44. The average molecular weight is 434 g/mol. The van der Waals surface area contributed by atoms with Crippen molar-refractivity contribution in [3.05, 3.63) is 99.1 Å². The van der Waals surface area contributed by atoms with Crippen molar-refractivity contribution >= 4 is 38.9 Å². The molecule has 0 fully saturated rings. The first-order valence-electron chi connectivity index (χ1n) is 8.21. The predicted octanol–water partition coefficient (Wildman–Crippen LogP) is 5.53. The van der Waals surface area contributed by atoms with Crippen molar-refractivity contribution in [3.63, 3.8) is 0 Å². The summed E-state index contributed by atoms with van der Waals surface area (Å²) in [6, 6.07) is 20.9. The average Bonchev–Trinajstić information content (AvgIpc) is 2.67. The number of nitrogens with zero attached hydrogens (tertiary/aromatic N) is 1. The van der Waals surface area contributed by atoms with Gasteiger partial charge in [-0.3, -0.25) is 10.1 Å². The van der Waals surface area contributed by atoms with E-state index < -0.39 is 14.8 Å². The van der Waals surface area contributed by atoms with Crippen LogP contribution in [-0.2, 0) is 9.84 Å². The molecule has 0 aliphatic carbocycles. The third-order valence-corrected chi connectivity index (χ3v) is 6.82. The summed E-state index contributed by atoms with van der Waals surface area (Å²) >= 11 is 7.29. The molecule has 0 heterocycles. The molecule has 144 valence electrons. The molecule has 3 aromatic carbocycles. The topological polar surface area (TPSA) is 77.3 Å². The van der Waals surface area contributed by atoms with E-state index in [-0.39, 0.29) is 15.8 Å². The van der Waals surface area contributed by atoms with E-state index in [1.54, 1.807) is 12.1 Å². The van der Waals surface area contributed by atoms with Crippen molar-refractivity contribution in [2.24, 2.45) is 0 Å². The van der Waals surface area contributed by atoms with Gasteiger partial charge in [0.25, 0.3) is 5.69 Å². The first-order chi connectivity index (χ1) is 13.3. The quantitative estimate of drug-likeness (QED) is 0.290. The lowest BCUT2D eigenvalue weighted by Gasteiger charge is -2.18. The Hall–Kier alpha value is -2.35. The molecule has 3 rings (SSSR count). The predicted molar refractivity (Wildman–Crippen MR) is 112 cm³/mol. The molecule has 8 heteroatoms. The van der Waals surface area contributed by atoms with Crippen LogP contribution in [0.1, 0.15) is 16.4 Å². The number of nitro groups is 1. The molecule has 0 amide bonds. The summed E-state index contributed by atoms with van der Waals surface area (Å²) in [6.45, 7) is 0. The van der Waals surface area contributed by atoms with Gasteiger partial charge in [0.05, 0.1) is 20.0 Å². The molecule has 0 bridgehead atoms. The molecule has 0 aliphatic heterocycles. The number of rotatable bonds is 6. The van der Waals surface area contributed by atoms with E-state index in [0.29, 0.717) is 9.92 Å². The molecule has 28 heavy (non-hydrogen) atoms. The zero-order chi connectivity index (χ0) is 20.3. The Morgan fingerprint density at radius 1 is 0.964 bits per heavy atom. The fourth-order valence-corrected chi connectivity index (χ4v) is 4.70. The number of thioether (sulfide) groups is 1. The van der Waals surface area contributed by atoms with Gasteiger partial charge < -0.3 is 0 Å². The first-order valence-corrected chi connectivity index (χ1v) is 11.4. The maximum absolute atomic E-state index is 11.8. The van der Waals surface area contributed by atoms with Crippen LogP contribution in [0.5, 0.6) is 0 Å². The Bertz CT molecular complexity index is 1100. The van der Waals surface area contributed by atoms with Gasteiger partial charge in [0.15, 0.2) is 9.84 Å². The van der Waals surface area contributed by atoms with Gasteiger partial charge in [-0.2, -0.15) is 0 Å². The molecule has 0 aromatic heterocycles. The summed E-state index contributed by atoms with van der Waals surface area (Å²) < 4.78 is 23.5. The van der Waals surface area contributed by atoms with Crippen molar-refractivity contribution in [1.82, 2.24) is 0 Å². The van der Waals surface area contributed by atoms with Gasteiger partial charge in [0, 0.05) is 17.3 Å². The molecule has 1 unspecified atom stereocenters. The largest absolute Gasteiger partial charge is 0.284 e. The second-order valence-corrected chi connectivity index (χ2v) is 9.72. The van der Waals surface area contributed by atoms with Crippen LogP contribution in [0.15, 0.2) is 82.6 Å². The highest BCUT2D eigenvalue weighted by atomic mass is 35.5. The lowest BCUT2D eigenvalue weighted by molar-refractivity contribution is -0.388. The summed E-state index contributed by atoms with van der Waals surface area (Å²) in [5.74, 6) is 0. The van der Waals surface area contributed by atoms with Gasteiger partial charge in [-0.05, 0) is 35.4 Å². The fourth-order valence-electron chi connectivity index (χ4n) is 2.69. The second-order valence-electron chi connectivity index (χ2n) is 6.12. The van der Waals surface area contributed by atoms with Crippen LogP contribution in [0.25, 0.3) is 0 Å². The van der Waals surface area contributed by atoms with Gasteiger partial charge >= 0.3 is 0 Å². The standard InChI is InChI=1S/C20H16ClNO4S2/c1-28(25,26)17-11-12-19(18(13-17)22(23)24)27-20(14-5-3-2-4-6-14)15-7-9-16(21)10-8-15/h2-13,20H,1H3. The minimum absolute atomic E-state index is 0.0775. The molecular formula is C20H16ClNO4S2. The molecule has 0 saturated heterocycles. The molecular weight excluding hydrogens is 418 g/mol. The third kappa shape index (κ3) is 4.73. The van der Waals surface area contributed by atoms with E-state index in [0.717, 1.165) is 23.4 Å². The summed E-state index contributed by atoms with van der Waals surface area (Å²) in [6.07, 6.45) is 1.03. The summed E-state index contributed by atoms with van der Waals surface area (Å²) in [7, 11) is -3.54. The molecule has 0 aliphatic rings. The van der Waals surface area contributed by atoms with Crippen molar-refractivity contribution in [3.8, 4) is 0 Å². The Morgan fingerprint density at radius 2 is 1.57 bits per heavy atom. The van der Waals surface area contributed by atoms with Crippen LogP contribution in [0.3, 0.4) is 0 Å². The van der Waals surface area contributed by atoms with Crippen LogP contribution < -0.4 is 0 Å². The zero-order valence-corrected chi connectivity index (χ0v) is 17.2. The molecule has 3 aromatic rings. The normalized spacial score (nSPS) is 12.5. The second kappa shape index (κ2) is 8.34. The molecule has 0 saturated carbocycles. The molecule has 0 spiro atoms. The van der Waals surface area contributed by atoms with Crippen molar-refractivity contribution in [2.75, 3.05) is 6.26 Å². The molecule has 5 nitrogen and oxygen atoms in total. The lowest BCUT2D eigenvalue weighted by atomic mass is 10.0. The summed E-state index contributed by atoms with van der Waals surface area (Å²) in [5, 5.41) is 12.0. The monoisotopic (exact) mass is 433 g/mol. The fraction of sp³-hybridized carbons (Fsp3) is 0.100. The summed E-state index contributed by atoms with van der Waals surface area (Å²) in [5.41, 5.74) is 1.67. The van der Waals surface area contributed by atoms with Gasteiger partial charge in [-0.25, -0.2) is 8.42 Å². The SMILES string of the molecule is CS(=O)(=O)c1ccc(SC(c2ccccc2)c2ccc(Cl)cc2)c([N+](=O)[O-])c1. The summed E-state index contributed by atoms with van der Waals surface area (Å²) in [4.78, 5) is 11.3. The van der Waals surface area contributed by atoms with E-state index in [1.807, 2.05) is 42.5 Å². The van der Waals surface area contributed by atoms with E-state index >= 15 is 0 Å². The lowest BCUT2D eigenvalue weighted by Crippen LogP contribution is -2.01. The number of halogens is 1. The number of nitro benzene ring substituents is 1. The van der Waals surface area contributed by atoms with Crippen LogP contribution in [0, 0.1) is 10.1 Å². The van der Waals surface area contributed by atoms with Gasteiger partial charge in [-0.15, -0.1) is 11.8 Å². The van der Waals surface area contributed by atoms with Gasteiger partial charge in [0.1, 0.15) is 0 Å². The minimum Gasteiger partial charge on any atom is -0.258 e. The van der Waals surface area contributed by atoms with Crippen molar-refractivity contribution < 1.29 is 13.3 Å². The van der Waals surface area contributed by atoms with Crippen molar-refractivity contribution in [2.45, 2.75) is 15.0 Å². The zero-order valence-electron chi connectivity index (χ0n) is 14.8. The van der Waals surface area contributed by atoms with E-state index in [2.05, 4.69) is 0 Å². The Labute approximate surface area is 172 Å². The Kier molecular flexibility index (Phi) is 6.07. The maximum atomic E-state index is 11.8. The van der Waals surface area contributed by atoms with Crippen LogP contribution in [-0.4, -0.2) is 19.6 Å². The smallest absolute Gasteiger partial charge is 0.258 e. The molecule has 0 radical (unpaired) electrons.